The van der Waals surface area contributed by atoms with Gasteiger partial charge in [0.2, 0.25) is 5.60 Å². The molecule has 2 saturated heterocycles. The van der Waals surface area contributed by atoms with Crippen LogP contribution in [0, 0.1) is 0 Å². The fourth-order valence-electron chi connectivity index (χ4n) is 5.33. The van der Waals surface area contributed by atoms with Crippen LogP contribution in [-0.2, 0) is 15.1 Å². The Morgan fingerprint density at radius 2 is 1.45 bits per heavy atom. The number of nitrogens with zero attached hydrogens (tertiary/aromatic N) is 1. The number of halogens is 3. The number of esters is 1. The van der Waals surface area contributed by atoms with E-state index in [1.165, 1.54) is 0 Å². The summed E-state index contributed by atoms with van der Waals surface area (Å²) in [5.41, 5.74) is -0.864. The lowest BCUT2D eigenvalue weighted by Gasteiger charge is -2.46. The standard InChI is InChI=1S/C24H29FNO3.2BrH/c1-26(15-14-25)20-12-13-21(26)17-22(16-20)29-23(27)24(28,18-8-4-2-5-9-18)19-10-6-3-7-11-19;;/h2-11,20-22,28H,12-17H2,1H3;2*1H/q+1;;/p-2/t20-,21+,22?,26?;;. The van der Waals surface area contributed by atoms with Gasteiger partial charge in [-0.1, -0.05) is 60.7 Å². The van der Waals surface area contributed by atoms with Crippen molar-refractivity contribution < 1.29 is 57.5 Å². The molecule has 0 aliphatic carbocycles. The average molecular weight is 558 g/mol. The van der Waals surface area contributed by atoms with Crippen LogP contribution in [0.15, 0.2) is 60.7 Å². The maximum atomic E-state index is 13.3. The number of rotatable bonds is 6. The van der Waals surface area contributed by atoms with Gasteiger partial charge in [-0.05, 0) is 11.1 Å². The minimum absolute atomic E-state index is 0. The molecule has 7 heteroatoms. The van der Waals surface area contributed by atoms with Gasteiger partial charge in [-0.3, -0.25) is 0 Å². The number of fused-ring (bicyclic) bond motifs is 2. The molecule has 4 rings (SSSR count). The molecular formula is C24H29Br2FNO3-. The number of hydrogen-bond acceptors (Lipinski definition) is 3. The molecule has 2 aromatic carbocycles. The van der Waals surface area contributed by atoms with Gasteiger partial charge >= 0.3 is 5.97 Å². The van der Waals surface area contributed by atoms with Gasteiger partial charge in [-0.25, -0.2) is 9.18 Å². The van der Waals surface area contributed by atoms with E-state index in [2.05, 4.69) is 7.05 Å². The molecule has 0 aromatic heterocycles. The number of carbonyl (C=O) groups is 1. The third kappa shape index (κ3) is 4.75. The topological polar surface area (TPSA) is 46.5 Å². The summed E-state index contributed by atoms with van der Waals surface area (Å²) in [4.78, 5) is 13.3. The number of aliphatic hydroxyl groups is 1. The van der Waals surface area contributed by atoms with E-state index in [0.717, 1.165) is 30.2 Å². The first-order valence-corrected chi connectivity index (χ1v) is 10.4. The molecule has 0 amide bonds. The van der Waals surface area contributed by atoms with Crippen molar-refractivity contribution in [3.63, 3.8) is 0 Å². The van der Waals surface area contributed by atoms with Crippen LogP contribution in [0.1, 0.15) is 36.8 Å². The number of hydrogen-bond donors (Lipinski definition) is 1. The van der Waals surface area contributed by atoms with Gasteiger partial charge in [0.25, 0.3) is 0 Å². The Bertz CT molecular complexity index is 799. The van der Waals surface area contributed by atoms with Crippen LogP contribution in [0.3, 0.4) is 0 Å². The summed E-state index contributed by atoms with van der Waals surface area (Å²) in [5, 5.41) is 11.6. The number of benzene rings is 2. The third-order valence-electron chi connectivity index (χ3n) is 7.09. The molecule has 4 nitrogen and oxygen atoms in total. The molecule has 2 unspecified atom stereocenters. The van der Waals surface area contributed by atoms with Crippen molar-refractivity contribution in [3.05, 3.63) is 71.8 Å². The lowest BCUT2D eigenvalue weighted by atomic mass is 9.86. The van der Waals surface area contributed by atoms with Crippen LogP contribution in [0.4, 0.5) is 4.39 Å². The van der Waals surface area contributed by atoms with Gasteiger partial charge in [0.1, 0.15) is 19.3 Å². The van der Waals surface area contributed by atoms with Crippen LogP contribution in [0.5, 0.6) is 0 Å². The second-order valence-corrected chi connectivity index (χ2v) is 8.59. The number of ether oxygens (including phenoxy) is 1. The number of alkyl halides is 1. The Balaban J connectivity index is 0.00000171. The second kappa shape index (κ2) is 10.6. The molecule has 170 valence electrons. The van der Waals surface area contributed by atoms with E-state index in [9.17, 15) is 14.3 Å². The highest BCUT2D eigenvalue weighted by Gasteiger charge is 2.53. The zero-order valence-corrected chi connectivity index (χ0v) is 20.8. The molecule has 1 N–H and O–H groups in total. The zero-order chi connectivity index (χ0) is 20.5. The summed E-state index contributed by atoms with van der Waals surface area (Å²) in [7, 11) is 2.13. The van der Waals surface area contributed by atoms with Crippen molar-refractivity contribution in [3.8, 4) is 0 Å². The van der Waals surface area contributed by atoms with Crippen LogP contribution < -0.4 is 34.0 Å². The molecule has 2 fully saturated rings. The molecular weight excluding hydrogens is 529 g/mol. The van der Waals surface area contributed by atoms with E-state index >= 15 is 0 Å². The van der Waals surface area contributed by atoms with Gasteiger partial charge < -0.3 is 48.3 Å². The molecule has 4 atom stereocenters. The van der Waals surface area contributed by atoms with Crippen LogP contribution in [-0.4, -0.2) is 54.0 Å². The molecule has 2 aliphatic rings. The van der Waals surface area contributed by atoms with E-state index in [0.29, 0.717) is 29.8 Å². The van der Waals surface area contributed by atoms with E-state index in [4.69, 9.17) is 4.74 Å². The molecule has 2 aliphatic heterocycles. The lowest BCUT2D eigenvalue weighted by Crippen LogP contribution is -3.00. The second-order valence-electron chi connectivity index (χ2n) is 8.59. The minimum atomic E-state index is -1.85. The van der Waals surface area contributed by atoms with E-state index in [1.54, 1.807) is 48.5 Å². The Hall–Kier alpha value is -1.28. The highest BCUT2D eigenvalue weighted by Crippen LogP contribution is 2.43. The summed E-state index contributed by atoms with van der Waals surface area (Å²) < 4.78 is 19.8. The first kappa shape index (κ1) is 26.0. The maximum absolute atomic E-state index is 13.3. The molecule has 2 heterocycles. The first-order valence-electron chi connectivity index (χ1n) is 10.4. The summed E-state index contributed by atoms with van der Waals surface area (Å²) in [6.07, 6.45) is 3.27. The Labute approximate surface area is 204 Å². The van der Waals surface area contributed by atoms with Crippen LogP contribution in [0.25, 0.3) is 0 Å². The summed E-state index contributed by atoms with van der Waals surface area (Å²) >= 11 is 0. The normalized spacial score (nSPS) is 27.0. The highest BCUT2D eigenvalue weighted by atomic mass is 79.9. The Morgan fingerprint density at radius 1 is 1.00 bits per heavy atom. The number of piperidine rings is 1. The average Bonchev–Trinajstić information content (AvgIpc) is 2.91. The van der Waals surface area contributed by atoms with Crippen LogP contribution >= 0.6 is 0 Å². The summed E-state index contributed by atoms with van der Waals surface area (Å²) in [6.45, 7) is 0.198. The van der Waals surface area contributed by atoms with Crippen molar-refractivity contribution >= 4 is 5.97 Å². The Kier molecular flexibility index (Phi) is 8.85. The minimum Gasteiger partial charge on any atom is -1.00 e. The van der Waals surface area contributed by atoms with Crippen LogP contribution in [0.2, 0.25) is 0 Å². The summed E-state index contributed by atoms with van der Waals surface area (Å²) in [5.74, 6) is -0.638. The van der Waals surface area contributed by atoms with Crippen molar-refractivity contribution in [1.82, 2.24) is 0 Å². The SMILES string of the molecule is C[N+]1(CCF)[C@@H]2CC[C@H]1CC(OC(=O)C(O)(c1ccccc1)c1ccccc1)C2.[Br-].[Br-]. The fraction of sp³-hybridized carbons (Fsp3) is 0.458. The summed E-state index contributed by atoms with van der Waals surface area (Å²) in [6, 6.07) is 18.5. The van der Waals surface area contributed by atoms with Crippen molar-refractivity contribution in [2.75, 3.05) is 20.3 Å². The van der Waals surface area contributed by atoms with Crippen molar-refractivity contribution in [2.24, 2.45) is 0 Å². The smallest absolute Gasteiger partial charge is 0.347 e. The molecule has 0 radical (unpaired) electrons. The zero-order valence-electron chi connectivity index (χ0n) is 17.6. The van der Waals surface area contributed by atoms with Gasteiger partial charge in [-0.15, -0.1) is 0 Å². The van der Waals surface area contributed by atoms with E-state index < -0.39 is 11.6 Å². The van der Waals surface area contributed by atoms with Crippen molar-refractivity contribution in [2.45, 2.75) is 49.5 Å². The van der Waals surface area contributed by atoms with Crippen molar-refractivity contribution in [1.29, 1.82) is 0 Å². The number of carbonyl (C=O) groups excluding carboxylic acids is 1. The molecule has 2 bridgehead atoms. The van der Waals surface area contributed by atoms with Gasteiger partial charge in [0.05, 0.1) is 19.1 Å². The molecule has 2 aromatic rings. The lowest BCUT2D eigenvalue weighted by molar-refractivity contribution is -0.949. The quantitative estimate of drug-likeness (QED) is 0.318. The molecule has 31 heavy (non-hydrogen) atoms. The van der Waals surface area contributed by atoms with Gasteiger partial charge in [-0.2, -0.15) is 0 Å². The van der Waals surface area contributed by atoms with Gasteiger partial charge in [0, 0.05) is 25.7 Å². The number of quaternary nitrogens is 1. The van der Waals surface area contributed by atoms with E-state index in [1.807, 2.05) is 12.1 Å². The van der Waals surface area contributed by atoms with Gasteiger partial charge in [0.15, 0.2) is 0 Å². The third-order valence-corrected chi connectivity index (χ3v) is 7.09. The predicted molar refractivity (Wildman–Crippen MR) is 109 cm³/mol. The maximum Gasteiger partial charge on any atom is 0.347 e. The highest BCUT2D eigenvalue weighted by molar-refractivity contribution is 5.85. The largest absolute Gasteiger partial charge is 1.00 e. The fourth-order valence-corrected chi connectivity index (χ4v) is 5.33. The predicted octanol–water partition coefficient (Wildman–Crippen LogP) is -2.42. The monoisotopic (exact) mass is 556 g/mol. The Morgan fingerprint density at radius 3 is 1.87 bits per heavy atom. The first-order chi connectivity index (χ1) is 14.0. The molecule has 0 saturated carbocycles. The van der Waals surface area contributed by atoms with E-state index in [-0.39, 0.29) is 46.7 Å². The molecule has 0 spiro atoms.